The highest BCUT2D eigenvalue weighted by Crippen LogP contribution is 2.16. The van der Waals surface area contributed by atoms with Crippen LogP contribution in [0.4, 0.5) is 0 Å². The lowest BCUT2D eigenvalue weighted by Gasteiger charge is -2.26. The predicted octanol–water partition coefficient (Wildman–Crippen LogP) is 0.0378. The van der Waals surface area contributed by atoms with Crippen molar-refractivity contribution in [2.75, 3.05) is 0 Å². The molecular weight excluding hydrogens is 248 g/mol. The molecule has 0 aromatic heterocycles. The van der Waals surface area contributed by atoms with Crippen molar-refractivity contribution in [2.24, 2.45) is 23.3 Å². The molecule has 0 amide bonds. The molecule has 3 atom stereocenters. The van der Waals surface area contributed by atoms with Crippen molar-refractivity contribution < 1.29 is 19.5 Å². The number of aliphatic carboxylic acids is 1. The van der Waals surface area contributed by atoms with E-state index in [1.54, 1.807) is 0 Å². The van der Waals surface area contributed by atoms with Gasteiger partial charge in [-0.3, -0.25) is 9.59 Å². The summed E-state index contributed by atoms with van der Waals surface area (Å²) < 4.78 is 0. The monoisotopic (exact) mass is 270 g/mol. The minimum Gasteiger partial charge on any atom is -0.481 e. The predicted molar refractivity (Wildman–Crippen MR) is 70.5 cm³/mol. The number of rotatable bonds is 9. The van der Waals surface area contributed by atoms with Gasteiger partial charge in [0.25, 0.3) is 0 Å². The number of carboxylic acid groups (broad SMARTS) is 1. The average Bonchev–Trinajstić information content (AvgIpc) is 2.27. The van der Waals surface area contributed by atoms with E-state index in [0.717, 1.165) is 6.21 Å². The lowest BCUT2D eigenvalue weighted by Crippen LogP contribution is -2.49. The molecule has 7 heteroatoms. The molecule has 108 valence electrons. The molecule has 7 nitrogen and oxygen atoms in total. The van der Waals surface area contributed by atoms with Gasteiger partial charge in [-0.25, -0.2) is 0 Å². The Bertz CT molecular complexity index is 364. The summed E-state index contributed by atoms with van der Waals surface area (Å²) in [7, 11) is 0. The Kier molecular flexibility index (Phi) is 7.83. The van der Waals surface area contributed by atoms with Crippen LogP contribution in [0.25, 0.3) is 5.53 Å². The molecule has 0 aliphatic rings. The third-order valence-corrected chi connectivity index (χ3v) is 2.92. The van der Waals surface area contributed by atoms with Crippen LogP contribution in [0, 0.1) is 11.8 Å². The van der Waals surface area contributed by atoms with Crippen LogP contribution >= 0.6 is 0 Å². The van der Waals surface area contributed by atoms with Crippen LogP contribution in [0.3, 0.4) is 0 Å². The molecule has 5 N–H and O–H groups in total. The Hall–Kier alpha value is -1.56. The number of Topliss-reactive ketones (excluding diaryl/α,β-unsaturated/α-hetero) is 1. The second-order valence-corrected chi connectivity index (χ2v) is 5.07. The molecule has 0 saturated carbocycles. The van der Waals surface area contributed by atoms with Crippen LogP contribution in [-0.4, -0.2) is 39.9 Å². The number of nitrogens with two attached hydrogens (primary N) is 2. The van der Waals surface area contributed by atoms with E-state index in [2.05, 4.69) is 4.79 Å². The molecule has 0 aromatic carbocycles. The molecule has 0 fully saturated rings. The quantitative estimate of drug-likeness (QED) is 0.308. The Labute approximate surface area is 112 Å². The standard InChI is InChI=1S/C12H22N4O3/c1-7(2)5-10(13)11(14)9(12(18)19)4-3-8(17)6-16-15/h6-7,9-11H,3-5,13-14H2,1-2H3,(H,18,19). The molecule has 0 aromatic rings. The summed E-state index contributed by atoms with van der Waals surface area (Å²) in [6.07, 6.45) is 1.41. The summed E-state index contributed by atoms with van der Waals surface area (Å²) >= 11 is 0. The van der Waals surface area contributed by atoms with E-state index < -0.39 is 29.8 Å². The Morgan fingerprint density at radius 1 is 1.37 bits per heavy atom. The molecule has 0 aliphatic carbocycles. The Morgan fingerprint density at radius 3 is 2.37 bits per heavy atom. The van der Waals surface area contributed by atoms with Crippen molar-refractivity contribution in [2.45, 2.75) is 45.2 Å². The molecule has 0 saturated heterocycles. The third kappa shape index (κ3) is 6.81. The number of hydrogen-bond acceptors (Lipinski definition) is 4. The molecule has 0 rings (SSSR count). The van der Waals surface area contributed by atoms with Crippen LogP contribution in [0.1, 0.15) is 33.1 Å². The summed E-state index contributed by atoms with van der Waals surface area (Å²) in [5, 5.41) is 9.14. The van der Waals surface area contributed by atoms with Crippen LogP contribution in [0.15, 0.2) is 0 Å². The second kappa shape index (κ2) is 8.53. The highest BCUT2D eigenvalue weighted by atomic mass is 16.4. The van der Waals surface area contributed by atoms with Gasteiger partial charge in [-0.2, -0.15) is 4.79 Å². The van der Waals surface area contributed by atoms with E-state index in [1.165, 1.54) is 0 Å². The fourth-order valence-corrected chi connectivity index (χ4v) is 1.91. The highest BCUT2D eigenvalue weighted by molar-refractivity contribution is 6.25. The summed E-state index contributed by atoms with van der Waals surface area (Å²) in [6, 6.07) is -1.14. The van der Waals surface area contributed by atoms with E-state index in [0.29, 0.717) is 12.3 Å². The third-order valence-electron chi connectivity index (χ3n) is 2.92. The maximum absolute atomic E-state index is 11.2. The van der Waals surface area contributed by atoms with Gasteiger partial charge in [0.15, 0.2) is 0 Å². The molecule has 3 unspecified atom stereocenters. The molecule has 0 heterocycles. The van der Waals surface area contributed by atoms with Gasteiger partial charge in [0.1, 0.15) is 0 Å². The highest BCUT2D eigenvalue weighted by Gasteiger charge is 2.30. The SMILES string of the molecule is CC(C)CC(N)C(N)C(CCC(=O)C=[N+]=[N-])C(=O)O. The van der Waals surface area contributed by atoms with Gasteiger partial charge < -0.3 is 22.1 Å². The van der Waals surface area contributed by atoms with E-state index >= 15 is 0 Å². The van der Waals surface area contributed by atoms with Crippen LogP contribution in [-0.2, 0) is 9.59 Å². The second-order valence-electron chi connectivity index (χ2n) is 5.07. The van der Waals surface area contributed by atoms with Crippen molar-refractivity contribution in [3.05, 3.63) is 5.53 Å². The zero-order valence-corrected chi connectivity index (χ0v) is 11.3. The van der Waals surface area contributed by atoms with Gasteiger partial charge >= 0.3 is 12.2 Å². The minimum atomic E-state index is -1.07. The zero-order valence-electron chi connectivity index (χ0n) is 11.3. The number of nitrogens with zero attached hydrogens (tertiary/aromatic N) is 2. The first-order valence-electron chi connectivity index (χ1n) is 6.23. The van der Waals surface area contributed by atoms with Crippen molar-refractivity contribution >= 4 is 18.0 Å². The van der Waals surface area contributed by atoms with E-state index in [-0.39, 0.29) is 12.8 Å². The van der Waals surface area contributed by atoms with E-state index in [9.17, 15) is 9.59 Å². The molecular formula is C12H22N4O3. The molecule has 0 radical (unpaired) electrons. The van der Waals surface area contributed by atoms with Crippen LogP contribution in [0.2, 0.25) is 0 Å². The zero-order chi connectivity index (χ0) is 15.0. The molecule has 19 heavy (non-hydrogen) atoms. The number of carboxylic acids is 1. The normalized spacial score (nSPS) is 15.4. The smallest absolute Gasteiger partial charge is 0.323 e. The van der Waals surface area contributed by atoms with E-state index in [1.807, 2.05) is 13.8 Å². The van der Waals surface area contributed by atoms with Crippen LogP contribution in [0.5, 0.6) is 0 Å². The first kappa shape index (κ1) is 17.4. The number of hydrogen-bond donors (Lipinski definition) is 3. The van der Waals surface area contributed by atoms with Gasteiger partial charge in [0, 0.05) is 18.5 Å². The average molecular weight is 270 g/mol. The Morgan fingerprint density at radius 2 is 1.95 bits per heavy atom. The fraction of sp³-hybridized carbons (Fsp3) is 0.750. The number of carbonyl (C=O) groups is 2. The largest absolute Gasteiger partial charge is 0.481 e. The maximum Gasteiger partial charge on any atom is 0.323 e. The number of ketones is 1. The van der Waals surface area contributed by atoms with Crippen molar-refractivity contribution in [1.82, 2.24) is 0 Å². The summed E-state index contributed by atoms with van der Waals surface area (Å²) in [4.78, 5) is 24.9. The Balaban J connectivity index is 4.59. The topological polar surface area (TPSA) is 143 Å². The van der Waals surface area contributed by atoms with Gasteiger partial charge in [0.2, 0.25) is 5.78 Å². The molecule has 0 spiro atoms. The van der Waals surface area contributed by atoms with Gasteiger partial charge in [-0.15, -0.1) is 0 Å². The summed E-state index contributed by atoms with van der Waals surface area (Å²) in [5.74, 6) is -2.08. The van der Waals surface area contributed by atoms with Crippen molar-refractivity contribution in [1.29, 1.82) is 0 Å². The number of carbonyl (C=O) groups excluding carboxylic acids is 1. The lowest BCUT2D eigenvalue weighted by molar-refractivity contribution is -0.143. The first-order chi connectivity index (χ1) is 8.79. The van der Waals surface area contributed by atoms with Gasteiger partial charge in [-0.1, -0.05) is 13.8 Å². The van der Waals surface area contributed by atoms with Crippen LogP contribution < -0.4 is 11.5 Å². The van der Waals surface area contributed by atoms with Crippen molar-refractivity contribution in [3.8, 4) is 0 Å². The van der Waals surface area contributed by atoms with Gasteiger partial charge in [0.05, 0.1) is 5.92 Å². The molecule has 0 bridgehead atoms. The minimum absolute atomic E-state index is 0.0386. The lowest BCUT2D eigenvalue weighted by atomic mass is 9.86. The first-order valence-corrected chi connectivity index (χ1v) is 6.23. The fourth-order valence-electron chi connectivity index (χ4n) is 1.91. The molecule has 0 aliphatic heterocycles. The summed E-state index contributed by atoms with van der Waals surface area (Å²) in [6.45, 7) is 3.95. The van der Waals surface area contributed by atoms with Crippen molar-refractivity contribution in [3.63, 3.8) is 0 Å². The van der Waals surface area contributed by atoms with Gasteiger partial charge in [-0.05, 0) is 18.8 Å². The van der Waals surface area contributed by atoms with E-state index in [4.69, 9.17) is 22.1 Å². The summed E-state index contributed by atoms with van der Waals surface area (Å²) in [5.41, 5.74) is 19.9. The maximum atomic E-state index is 11.2.